The Bertz CT molecular complexity index is 1050. The molecular weight excluding hydrogens is 422 g/mol. The molecule has 0 aliphatic carbocycles. The summed E-state index contributed by atoms with van der Waals surface area (Å²) in [4.78, 5) is 26.6. The Morgan fingerprint density at radius 1 is 1.24 bits per heavy atom. The third kappa shape index (κ3) is 5.58. The van der Waals surface area contributed by atoms with Gasteiger partial charge in [0.05, 0.1) is 24.4 Å². The van der Waals surface area contributed by atoms with Gasteiger partial charge in [0.2, 0.25) is 0 Å². The molecule has 2 aromatic rings. The predicted octanol–water partition coefficient (Wildman–Crippen LogP) is 3.92. The Morgan fingerprint density at radius 3 is 2.55 bits per heavy atom. The van der Waals surface area contributed by atoms with E-state index < -0.39 is 11.6 Å². The molecule has 1 unspecified atom stereocenters. The van der Waals surface area contributed by atoms with Crippen LogP contribution < -0.4 is 11.1 Å². The minimum Gasteiger partial charge on any atom is -0.464 e. The number of rotatable bonds is 5. The summed E-state index contributed by atoms with van der Waals surface area (Å²) in [5, 5.41) is 12.7. The van der Waals surface area contributed by atoms with E-state index in [-0.39, 0.29) is 29.1 Å². The maximum absolute atomic E-state index is 12.6. The summed E-state index contributed by atoms with van der Waals surface area (Å²) >= 11 is 0. The van der Waals surface area contributed by atoms with Crippen molar-refractivity contribution in [3.8, 4) is 11.8 Å². The number of aromatic nitrogens is 1. The molecule has 0 bridgehead atoms. The molecule has 1 fully saturated rings. The molecule has 0 radical (unpaired) electrons. The number of esters is 1. The lowest BCUT2D eigenvalue weighted by atomic mass is 10.0. The Balaban J connectivity index is 1.72. The minimum absolute atomic E-state index is 0.0432. The van der Waals surface area contributed by atoms with Crippen molar-refractivity contribution in [2.75, 3.05) is 31.2 Å². The van der Waals surface area contributed by atoms with Crippen molar-refractivity contribution >= 4 is 23.4 Å². The number of nitrogen functional groups attached to an aromatic ring is 1. The standard InChI is InChI=1S/C24H31N5O4/c1-24(2,3)33-23(31)28-12-6-5-7-19(28)14-27-17-8-10-18(11-9-17)29-15-16(13-25)20(26)21(29)22(30)32-4/h8-11,15,19,27H,5-7,12,14,26H2,1-4H3. The molecule has 0 spiro atoms. The van der Waals surface area contributed by atoms with Gasteiger partial charge in [0.15, 0.2) is 5.69 Å². The van der Waals surface area contributed by atoms with E-state index in [1.807, 2.05) is 56.0 Å². The molecule has 0 saturated carbocycles. The van der Waals surface area contributed by atoms with Crippen LogP contribution in [-0.2, 0) is 9.47 Å². The fourth-order valence-electron chi connectivity index (χ4n) is 3.87. The van der Waals surface area contributed by atoms with Crippen molar-refractivity contribution in [2.45, 2.75) is 51.7 Å². The van der Waals surface area contributed by atoms with Crippen molar-refractivity contribution < 1.29 is 19.1 Å². The smallest absolute Gasteiger partial charge is 0.410 e. The van der Waals surface area contributed by atoms with Crippen LogP contribution in [0.15, 0.2) is 30.5 Å². The average molecular weight is 454 g/mol. The third-order valence-corrected chi connectivity index (χ3v) is 5.49. The summed E-state index contributed by atoms with van der Waals surface area (Å²) in [6.45, 7) is 6.89. The molecule has 3 rings (SSSR count). The van der Waals surface area contributed by atoms with Crippen molar-refractivity contribution in [1.82, 2.24) is 9.47 Å². The number of piperidine rings is 1. The number of benzene rings is 1. The number of nitrogens with zero attached hydrogens (tertiary/aromatic N) is 3. The Hall–Kier alpha value is -3.67. The molecule has 1 aromatic carbocycles. The van der Waals surface area contributed by atoms with Crippen LogP contribution in [0.2, 0.25) is 0 Å². The van der Waals surface area contributed by atoms with Gasteiger partial charge in [-0.15, -0.1) is 0 Å². The fourth-order valence-corrected chi connectivity index (χ4v) is 3.87. The summed E-state index contributed by atoms with van der Waals surface area (Å²) in [5.74, 6) is -0.615. The lowest BCUT2D eigenvalue weighted by Crippen LogP contribution is -2.48. The number of carbonyl (C=O) groups is 2. The monoisotopic (exact) mass is 453 g/mol. The normalized spacial score (nSPS) is 16.1. The Morgan fingerprint density at radius 2 is 1.94 bits per heavy atom. The summed E-state index contributed by atoms with van der Waals surface area (Å²) in [5.41, 5.74) is 7.38. The number of nitrogens with two attached hydrogens (primary N) is 1. The van der Waals surface area contributed by atoms with E-state index in [9.17, 15) is 14.9 Å². The van der Waals surface area contributed by atoms with E-state index in [2.05, 4.69) is 5.32 Å². The topological polar surface area (TPSA) is 123 Å². The van der Waals surface area contributed by atoms with E-state index in [1.54, 1.807) is 4.57 Å². The van der Waals surface area contributed by atoms with E-state index >= 15 is 0 Å². The highest BCUT2D eigenvalue weighted by molar-refractivity contribution is 5.96. The van der Waals surface area contributed by atoms with Crippen LogP contribution in [0, 0.1) is 11.3 Å². The summed E-state index contributed by atoms with van der Waals surface area (Å²) in [7, 11) is 1.27. The molecule has 1 amide bonds. The van der Waals surface area contributed by atoms with Gasteiger partial charge in [-0.2, -0.15) is 5.26 Å². The van der Waals surface area contributed by atoms with E-state index in [4.69, 9.17) is 15.2 Å². The van der Waals surface area contributed by atoms with Crippen LogP contribution in [0.3, 0.4) is 0 Å². The largest absolute Gasteiger partial charge is 0.464 e. The lowest BCUT2D eigenvalue weighted by molar-refractivity contribution is 0.0114. The number of anilines is 2. The first-order valence-electron chi connectivity index (χ1n) is 11.0. The predicted molar refractivity (Wildman–Crippen MR) is 125 cm³/mol. The SMILES string of the molecule is COC(=O)c1c(N)c(C#N)cn1-c1ccc(NCC2CCCCN2C(=O)OC(C)(C)C)cc1. The number of hydrogen-bond acceptors (Lipinski definition) is 7. The number of ether oxygens (including phenoxy) is 2. The van der Waals surface area contributed by atoms with Gasteiger partial charge in [0.1, 0.15) is 11.7 Å². The minimum atomic E-state index is -0.615. The molecule has 1 aromatic heterocycles. The van der Waals surface area contributed by atoms with Crippen molar-refractivity contribution in [3.63, 3.8) is 0 Å². The second-order valence-electron chi connectivity index (χ2n) is 9.03. The van der Waals surface area contributed by atoms with E-state index in [0.717, 1.165) is 24.9 Å². The van der Waals surface area contributed by atoms with Gasteiger partial charge in [0, 0.05) is 30.7 Å². The highest BCUT2D eigenvalue weighted by atomic mass is 16.6. The van der Waals surface area contributed by atoms with Gasteiger partial charge in [-0.3, -0.25) is 0 Å². The molecule has 3 N–H and O–H groups in total. The molecule has 9 heteroatoms. The first-order valence-corrected chi connectivity index (χ1v) is 11.0. The van der Waals surface area contributed by atoms with E-state index in [1.165, 1.54) is 13.3 Å². The van der Waals surface area contributed by atoms with Gasteiger partial charge in [-0.05, 0) is 64.3 Å². The molecule has 1 aliphatic heterocycles. The van der Waals surface area contributed by atoms with Gasteiger partial charge in [-0.1, -0.05) is 0 Å². The van der Waals surface area contributed by atoms with Crippen LogP contribution in [0.25, 0.3) is 5.69 Å². The second kappa shape index (κ2) is 9.86. The van der Waals surface area contributed by atoms with Gasteiger partial charge < -0.3 is 30.0 Å². The van der Waals surface area contributed by atoms with Crippen LogP contribution >= 0.6 is 0 Å². The summed E-state index contributed by atoms with van der Waals surface area (Å²) in [6, 6.07) is 9.43. The highest BCUT2D eigenvalue weighted by Crippen LogP contribution is 2.26. The number of nitriles is 1. The first-order chi connectivity index (χ1) is 15.6. The zero-order valence-electron chi connectivity index (χ0n) is 19.6. The number of likely N-dealkylation sites (tertiary alicyclic amines) is 1. The van der Waals surface area contributed by atoms with Crippen molar-refractivity contribution in [1.29, 1.82) is 5.26 Å². The molecule has 9 nitrogen and oxygen atoms in total. The average Bonchev–Trinajstić information content (AvgIpc) is 3.12. The number of carbonyl (C=O) groups excluding carboxylic acids is 2. The first kappa shape index (κ1) is 24.0. The molecule has 176 valence electrons. The van der Waals surface area contributed by atoms with Gasteiger partial charge >= 0.3 is 12.1 Å². The summed E-state index contributed by atoms with van der Waals surface area (Å²) < 4.78 is 11.9. The van der Waals surface area contributed by atoms with Crippen LogP contribution in [-0.4, -0.2) is 53.4 Å². The Kier molecular flexibility index (Phi) is 7.16. The number of nitrogens with one attached hydrogen (secondary N) is 1. The third-order valence-electron chi connectivity index (χ3n) is 5.49. The van der Waals surface area contributed by atoms with Gasteiger partial charge in [-0.25, -0.2) is 9.59 Å². The number of hydrogen-bond donors (Lipinski definition) is 2. The van der Waals surface area contributed by atoms with Crippen LogP contribution in [0.1, 0.15) is 56.1 Å². The highest BCUT2D eigenvalue weighted by Gasteiger charge is 2.30. The van der Waals surface area contributed by atoms with Gasteiger partial charge in [0.25, 0.3) is 0 Å². The molecule has 1 aliphatic rings. The molecule has 2 heterocycles. The lowest BCUT2D eigenvalue weighted by Gasteiger charge is -2.37. The molecular formula is C24H31N5O4. The second-order valence-corrected chi connectivity index (χ2v) is 9.03. The maximum Gasteiger partial charge on any atom is 0.410 e. The quantitative estimate of drug-likeness (QED) is 0.658. The maximum atomic E-state index is 12.6. The number of amides is 1. The Labute approximate surface area is 194 Å². The molecule has 33 heavy (non-hydrogen) atoms. The van der Waals surface area contributed by atoms with Crippen molar-refractivity contribution in [3.05, 3.63) is 41.7 Å². The van der Waals surface area contributed by atoms with Crippen molar-refractivity contribution in [2.24, 2.45) is 0 Å². The zero-order chi connectivity index (χ0) is 24.2. The summed E-state index contributed by atoms with van der Waals surface area (Å²) in [6.07, 6.45) is 4.18. The fraction of sp³-hybridized carbons (Fsp3) is 0.458. The zero-order valence-corrected chi connectivity index (χ0v) is 19.6. The van der Waals surface area contributed by atoms with Crippen LogP contribution in [0.4, 0.5) is 16.2 Å². The number of methoxy groups -OCH3 is 1. The molecule has 1 saturated heterocycles. The van der Waals surface area contributed by atoms with Crippen LogP contribution in [0.5, 0.6) is 0 Å². The molecule has 1 atom stereocenters. The van der Waals surface area contributed by atoms with E-state index in [0.29, 0.717) is 18.8 Å².